The van der Waals surface area contributed by atoms with Crippen molar-refractivity contribution in [3.8, 4) is 0 Å². The molecule has 0 bridgehead atoms. The van der Waals surface area contributed by atoms with Crippen molar-refractivity contribution in [2.24, 2.45) is 0 Å². The number of pyridine rings is 1. The smallest absolute Gasteiger partial charge is 0.240 e. The molecule has 1 aromatic rings. The summed E-state index contributed by atoms with van der Waals surface area (Å²) >= 11 is 0. The molecule has 0 aliphatic carbocycles. The number of halogens is 2. The molecule has 2 nitrogen and oxygen atoms in total. The van der Waals surface area contributed by atoms with Gasteiger partial charge in [-0.25, -0.2) is 8.78 Å². The molecule has 1 atom stereocenters. The molecule has 0 amide bonds. The highest BCUT2D eigenvalue weighted by atomic mass is 19.3. The third-order valence-corrected chi connectivity index (χ3v) is 1.63. The Hall–Kier alpha value is -1.19. The van der Waals surface area contributed by atoms with E-state index in [1.807, 2.05) is 0 Å². The average molecular weight is 186 g/mol. The van der Waals surface area contributed by atoms with Crippen LogP contribution >= 0.6 is 0 Å². The van der Waals surface area contributed by atoms with Gasteiger partial charge in [-0.15, -0.1) is 0 Å². The highest BCUT2D eigenvalue weighted by Gasteiger charge is 2.09. The topological polar surface area (TPSA) is 24.9 Å². The van der Waals surface area contributed by atoms with Gasteiger partial charge in [0.05, 0.1) is 0 Å². The van der Waals surface area contributed by atoms with E-state index in [-0.39, 0.29) is 12.5 Å². The van der Waals surface area contributed by atoms with E-state index in [2.05, 4.69) is 10.3 Å². The standard InChI is InChI=1S/C9H12F2N2/c1-7(6-9(10)11)13-8-2-4-12-5-3-8/h2-5,7,9H,6H2,1H3,(H,12,13). The van der Waals surface area contributed by atoms with Gasteiger partial charge in [0.1, 0.15) is 0 Å². The quantitative estimate of drug-likeness (QED) is 0.781. The van der Waals surface area contributed by atoms with Gasteiger partial charge in [0.2, 0.25) is 6.43 Å². The van der Waals surface area contributed by atoms with Gasteiger partial charge < -0.3 is 5.32 Å². The second-order valence-electron chi connectivity index (χ2n) is 2.91. The number of nitrogens with zero attached hydrogens (tertiary/aromatic N) is 1. The summed E-state index contributed by atoms with van der Waals surface area (Å²) in [4.78, 5) is 3.83. The summed E-state index contributed by atoms with van der Waals surface area (Å²) in [6.07, 6.45) is 0.848. The Morgan fingerprint density at radius 2 is 2.00 bits per heavy atom. The van der Waals surface area contributed by atoms with Crippen LogP contribution in [0.15, 0.2) is 24.5 Å². The molecule has 0 saturated heterocycles. The fourth-order valence-electron chi connectivity index (χ4n) is 1.06. The van der Waals surface area contributed by atoms with Crippen LogP contribution in [0.1, 0.15) is 13.3 Å². The van der Waals surface area contributed by atoms with Crippen molar-refractivity contribution in [3.63, 3.8) is 0 Å². The summed E-state index contributed by atoms with van der Waals surface area (Å²) in [5.41, 5.74) is 0.822. The number of hydrogen-bond acceptors (Lipinski definition) is 2. The van der Waals surface area contributed by atoms with Gasteiger partial charge in [-0.1, -0.05) is 0 Å². The maximum Gasteiger partial charge on any atom is 0.240 e. The van der Waals surface area contributed by atoms with Gasteiger partial charge in [-0.2, -0.15) is 0 Å². The van der Waals surface area contributed by atoms with E-state index in [9.17, 15) is 8.78 Å². The van der Waals surface area contributed by atoms with Gasteiger partial charge in [0.15, 0.2) is 0 Å². The summed E-state index contributed by atoms with van der Waals surface area (Å²) < 4.78 is 23.9. The van der Waals surface area contributed by atoms with E-state index in [1.54, 1.807) is 31.5 Å². The third kappa shape index (κ3) is 3.83. The first-order valence-electron chi connectivity index (χ1n) is 4.13. The zero-order valence-electron chi connectivity index (χ0n) is 7.37. The molecule has 1 rings (SSSR count). The summed E-state index contributed by atoms with van der Waals surface area (Å²) in [5, 5.41) is 2.95. The molecule has 0 aliphatic rings. The molecule has 1 aromatic heterocycles. The summed E-state index contributed by atoms with van der Waals surface area (Å²) in [6, 6.07) is 3.28. The van der Waals surface area contributed by atoms with Gasteiger partial charge in [0.25, 0.3) is 0 Å². The number of nitrogens with one attached hydrogen (secondary N) is 1. The number of anilines is 1. The van der Waals surface area contributed by atoms with Crippen LogP contribution in [0.4, 0.5) is 14.5 Å². The van der Waals surface area contributed by atoms with E-state index in [1.165, 1.54) is 0 Å². The highest BCUT2D eigenvalue weighted by molar-refractivity contribution is 5.41. The average Bonchev–Trinajstić information content (AvgIpc) is 2.04. The zero-order chi connectivity index (χ0) is 9.68. The number of rotatable bonds is 4. The third-order valence-electron chi connectivity index (χ3n) is 1.63. The number of alkyl halides is 2. The van der Waals surface area contributed by atoms with Crippen LogP contribution in [0, 0.1) is 0 Å². The second kappa shape index (κ2) is 4.74. The first-order chi connectivity index (χ1) is 6.18. The fourth-order valence-corrected chi connectivity index (χ4v) is 1.06. The van der Waals surface area contributed by atoms with Gasteiger partial charge >= 0.3 is 0 Å². The van der Waals surface area contributed by atoms with E-state index in [4.69, 9.17) is 0 Å². The minimum Gasteiger partial charge on any atom is -0.382 e. The molecule has 1 heterocycles. The lowest BCUT2D eigenvalue weighted by Crippen LogP contribution is -2.18. The van der Waals surface area contributed by atoms with Crippen LogP contribution in [0.25, 0.3) is 0 Å². The molecular formula is C9H12F2N2. The lowest BCUT2D eigenvalue weighted by molar-refractivity contribution is 0.133. The zero-order valence-corrected chi connectivity index (χ0v) is 7.37. The normalized spacial score (nSPS) is 12.9. The van der Waals surface area contributed by atoms with Crippen molar-refractivity contribution in [3.05, 3.63) is 24.5 Å². The minimum absolute atomic E-state index is 0.137. The van der Waals surface area contributed by atoms with Crippen molar-refractivity contribution in [1.29, 1.82) is 0 Å². The van der Waals surface area contributed by atoms with Gasteiger partial charge in [-0.3, -0.25) is 4.98 Å². The Labute approximate surface area is 76.0 Å². The van der Waals surface area contributed by atoms with E-state index in [0.29, 0.717) is 0 Å². The maximum atomic E-state index is 11.9. The predicted octanol–water partition coefficient (Wildman–Crippen LogP) is 2.54. The lowest BCUT2D eigenvalue weighted by Gasteiger charge is -2.13. The molecule has 0 aliphatic heterocycles. The van der Waals surface area contributed by atoms with E-state index < -0.39 is 6.43 Å². The second-order valence-corrected chi connectivity index (χ2v) is 2.91. The van der Waals surface area contributed by atoms with Crippen LogP contribution in [0.2, 0.25) is 0 Å². The van der Waals surface area contributed by atoms with Crippen LogP contribution in [-0.4, -0.2) is 17.5 Å². The molecule has 13 heavy (non-hydrogen) atoms. The van der Waals surface area contributed by atoms with Crippen LogP contribution < -0.4 is 5.32 Å². The van der Waals surface area contributed by atoms with Gasteiger partial charge in [0, 0.05) is 30.5 Å². The summed E-state index contributed by atoms with van der Waals surface area (Å²) in [7, 11) is 0. The molecule has 0 fully saturated rings. The molecule has 0 aromatic carbocycles. The summed E-state index contributed by atoms with van der Waals surface area (Å²) in [5.74, 6) is 0. The highest BCUT2D eigenvalue weighted by Crippen LogP contribution is 2.10. The molecule has 4 heteroatoms. The van der Waals surface area contributed by atoms with Crippen LogP contribution in [0.5, 0.6) is 0 Å². The van der Waals surface area contributed by atoms with Crippen LogP contribution in [-0.2, 0) is 0 Å². The monoisotopic (exact) mass is 186 g/mol. The first kappa shape index (κ1) is 9.89. The predicted molar refractivity (Wildman–Crippen MR) is 47.9 cm³/mol. The molecule has 72 valence electrons. The molecular weight excluding hydrogens is 174 g/mol. The van der Waals surface area contributed by atoms with E-state index >= 15 is 0 Å². The molecule has 0 radical (unpaired) electrons. The van der Waals surface area contributed by atoms with Crippen molar-refractivity contribution in [1.82, 2.24) is 4.98 Å². The molecule has 0 spiro atoms. The fraction of sp³-hybridized carbons (Fsp3) is 0.444. The summed E-state index contributed by atoms with van der Waals surface area (Å²) in [6.45, 7) is 1.73. The number of hydrogen-bond donors (Lipinski definition) is 1. The van der Waals surface area contributed by atoms with Gasteiger partial charge in [-0.05, 0) is 19.1 Å². The van der Waals surface area contributed by atoms with E-state index in [0.717, 1.165) is 5.69 Å². The number of aromatic nitrogens is 1. The Kier molecular flexibility index (Phi) is 3.61. The Balaban J connectivity index is 2.41. The molecule has 0 saturated carbocycles. The largest absolute Gasteiger partial charge is 0.382 e. The molecule has 1 unspecified atom stereocenters. The van der Waals surface area contributed by atoms with Crippen molar-refractivity contribution < 1.29 is 8.78 Å². The Bertz CT molecular complexity index is 239. The van der Waals surface area contributed by atoms with Crippen molar-refractivity contribution in [2.75, 3.05) is 5.32 Å². The maximum absolute atomic E-state index is 11.9. The van der Waals surface area contributed by atoms with Crippen LogP contribution in [0.3, 0.4) is 0 Å². The molecule has 1 N–H and O–H groups in total. The van der Waals surface area contributed by atoms with Crippen molar-refractivity contribution >= 4 is 5.69 Å². The minimum atomic E-state index is -2.26. The Morgan fingerprint density at radius 3 is 2.54 bits per heavy atom. The van der Waals surface area contributed by atoms with Crippen molar-refractivity contribution in [2.45, 2.75) is 25.8 Å². The lowest BCUT2D eigenvalue weighted by atomic mass is 10.2. The SMILES string of the molecule is CC(CC(F)F)Nc1ccncc1. The first-order valence-corrected chi connectivity index (χ1v) is 4.13. The Morgan fingerprint density at radius 1 is 1.38 bits per heavy atom.